The van der Waals surface area contributed by atoms with E-state index in [1.165, 1.54) is 22.3 Å². The monoisotopic (exact) mass is 1220 g/mol. The third-order valence-electron chi connectivity index (χ3n) is 12.3. The van der Waals surface area contributed by atoms with Gasteiger partial charge in [0.05, 0.1) is 22.4 Å². The molecule has 6 aromatic carbocycles. The zero-order chi connectivity index (χ0) is 49.6. The molecule has 1 radical (unpaired) electrons. The zero-order valence-corrected chi connectivity index (χ0v) is 53.4. The van der Waals surface area contributed by atoms with Crippen LogP contribution < -0.4 is 15.8 Å². The van der Waals surface area contributed by atoms with Gasteiger partial charge < -0.3 is 23.5 Å². The Morgan fingerprint density at radius 3 is 1.06 bits per heavy atom. The number of benzene rings is 6. The second-order valence-corrected chi connectivity index (χ2v) is 51.2. The largest absolute Gasteiger partial charge is 0.494 e. The molecule has 0 aliphatic carbocycles. The Balaban J connectivity index is 0.000000185. The first-order valence-electron chi connectivity index (χ1n) is 21.9. The number of hydrogen-bond acceptors (Lipinski definition) is 5. The van der Waals surface area contributed by atoms with E-state index in [9.17, 15) is 0 Å². The summed E-state index contributed by atoms with van der Waals surface area (Å²) in [5.41, 5.74) is 8.62. The van der Waals surface area contributed by atoms with Gasteiger partial charge in [0, 0.05) is 26.0 Å². The fourth-order valence-corrected chi connectivity index (χ4v) is 55.6. The van der Waals surface area contributed by atoms with Crippen LogP contribution in [0.1, 0.15) is 55.4 Å². The van der Waals surface area contributed by atoms with Crippen LogP contribution in [0, 0.1) is 0 Å². The van der Waals surface area contributed by atoms with E-state index in [0.717, 1.165) is 36.9 Å². The highest BCUT2D eigenvalue weighted by molar-refractivity contribution is 9.10. The summed E-state index contributed by atoms with van der Waals surface area (Å²) in [5, 5.41) is 0. The average molecular weight is 1220 g/mol. The molecule has 2 fully saturated rings. The fourth-order valence-electron chi connectivity index (χ4n) is 7.11. The van der Waals surface area contributed by atoms with E-state index in [4.69, 9.17) is 18.6 Å². The molecule has 0 saturated carbocycles. The summed E-state index contributed by atoms with van der Waals surface area (Å²) in [4.78, 5) is 2.23. The highest BCUT2D eigenvalue weighted by Crippen LogP contribution is 2.98. The van der Waals surface area contributed by atoms with E-state index in [1.54, 1.807) is 0 Å². The SMILES string of the molecule is CC1(C)OB(c2cc(-c3ccccc3)cc(-c3ccccc3)c2)OC1(C)C.CC1(C)OB(c2ccc(N(c3ccc(Br)cc3)c3ccc(Br)cc3)cc2)OC1(C)C.PP(P)[B]P(P(P)P)P(P)P. The molecule has 68 heavy (non-hydrogen) atoms. The standard InChI is InChI=1S/C24H24BBr2NO2.C24H25BO2.BH12P10/c1-23(2)24(3,4)30-25(29-23)17-5-11-20(12-6-17)28(21-13-7-18(26)8-14-21)22-15-9-19(27)10-16-22;1-23(2)24(3,4)27-25(26-23)22-16-20(18-11-7-5-8-12-18)15-21(17-22)19-13-9-6-10-14-19;2-8(3)1-9(10(4)5)11(6)7/h5-16H,1-4H3;5-17H,1-4H3;2-7H2. The molecular formula is C48H61B3Br2NO4P10. The highest BCUT2D eigenvalue weighted by atomic mass is 79.9. The van der Waals surface area contributed by atoms with Gasteiger partial charge in [-0.05, 0) is 169 Å². The summed E-state index contributed by atoms with van der Waals surface area (Å²) in [6, 6.07) is 52.6. The van der Waals surface area contributed by atoms with Gasteiger partial charge in [0.2, 0.25) is 6.72 Å². The van der Waals surface area contributed by atoms with Crippen molar-refractivity contribution in [3.8, 4) is 22.3 Å². The van der Waals surface area contributed by atoms with Crippen LogP contribution in [-0.2, 0) is 18.6 Å². The maximum Gasteiger partial charge on any atom is 0.494 e. The van der Waals surface area contributed by atoms with Crippen molar-refractivity contribution >= 4 is 163 Å². The topological polar surface area (TPSA) is 40.2 Å². The van der Waals surface area contributed by atoms with Crippen LogP contribution in [-0.4, -0.2) is 43.4 Å². The summed E-state index contributed by atoms with van der Waals surface area (Å²) in [7, 11) is 16.9. The number of anilines is 3. The summed E-state index contributed by atoms with van der Waals surface area (Å²) < 4.78 is 27.1. The van der Waals surface area contributed by atoms with Crippen molar-refractivity contribution in [3.63, 3.8) is 0 Å². The molecule has 2 saturated heterocycles. The molecule has 8 rings (SSSR count). The third kappa shape index (κ3) is 15.3. The minimum Gasteiger partial charge on any atom is -0.399 e. The second kappa shape index (κ2) is 25.3. The van der Waals surface area contributed by atoms with Gasteiger partial charge in [0.25, 0.3) is 0 Å². The van der Waals surface area contributed by atoms with E-state index in [0.29, 0.717) is 0 Å². The number of hydrogen-bond donors (Lipinski definition) is 0. The maximum absolute atomic E-state index is 6.31. The van der Waals surface area contributed by atoms with E-state index < -0.39 is 0 Å². The Morgan fingerprint density at radius 2 is 0.750 bits per heavy atom. The zero-order valence-electron chi connectivity index (χ0n) is 39.8. The van der Waals surface area contributed by atoms with Crippen molar-refractivity contribution in [2.75, 3.05) is 4.90 Å². The third-order valence-corrected chi connectivity index (χ3v) is 42.9. The Kier molecular flexibility index (Phi) is 21.5. The molecule has 6 aromatic rings. The first-order valence-corrected chi connectivity index (χ1v) is 40.1. The number of halogens is 2. The normalized spacial score (nSPS) is 16.6. The average Bonchev–Trinajstić information content (AvgIpc) is 3.66. The molecule has 2 aliphatic heterocycles. The maximum atomic E-state index is 6.31. The summed E-state index contributed by atoms with van der Waals surface area (Å²) in [6.45, 7) is 19.3. The molecular weight excluding hydrogens is 1160 g/mol. The van der Waals surface area contributed by atoms with Crippen molar-refractivity contribution in [2.24, 2.45) is 0 Å². The lowest BCUT2D eigenvalue weighted by Gasteiger charge is -2.32. The van der Waals surface area contributed by atoms with Crippen LogP contribution in [0.25, 0.3) is 22.3 Å². The van der Waals surface area contributed by atoms with Crippen LogP contribution in [0.5, 0.6) is 0 Å². The Hall–Kier alpha value is 0.415. The predicted molar refractivity (Wildman–Crippen MR) is 337 cm³/mol. The lowest BCUT2D eigenvalue weighted by Crippen LogP contribution is -2.41. The van der Waals surface area contributed by atoms with Gasteiger partial charge in [-0.2, -0.15) is 0 Å². The Bertz CT molecular complexity index is 2410. The van der Waals surface area contributed by atoms with Gasteiger partial charge in [0.1, 0.15) is 0 Å². The van der Waals surface area contributed by atoms with Gasteiger partial charge in [-0.3, -0.25) is 0 Å². The van der Waals surface area contributed by atoms with Gasteiger partial charge in [-0.25, -0.2) is 0 Å². The van der Waals surface area contributed by atoms with Crippen LogP contribution in [0.15, 0.2) is 161 Å². The Morgan fingerprint density at radius 1 is 0.426 bits per heavy atom. The van der Waals surface area contributed by atoms with Gasteiger partial charge in [0.15, 0.2) is 0 Å². The molecule has 0 N–H and O–H groups in total. The molecule has 0 amide bonds. The van der Waals surface area contributed by atoms with E-state index in [1.807, 2.05) is 12.1 Å². The highest BCUT2D eigenvalue weighted by Gasteiger charge is 2.52. The van der Waals surface area contributed by atoms with E-state index >= 15 is 0 Å². The molecule has 355 valence electrons. The number of nitrogens with zero attached hydrogens (tertiary/aromatic N) is 1. The molecule has 2 heterocycles. The lowest BCUT2D eigenvalue weighted by atomic mass is 9.76. The van der Waals surface area contributed by atoms with E-state index in [2.05, 4.69) is 292 Å². The van der Waals surface area contributed by atoms with Gasteiger partial charge in [-0.1, -0.05) is 124 Å². The summed E-state index contributed by atoms with van der Waals surface area (Å²) in [6.07, 6.45) is 0. The van der Waals surface area contributed by atoms with Crippen molar-refractivity contribution in [1.82, 2.24) is 0 Å². The van der Waals surface area contributed by atoms with Crippen molar-refractivity contribution in [2.45, 2.75) is 77.8 Å². The minimum atomic E-state index is -0.374. The molecule has 0 spiro atoms. The van der Waals surface area contributed by atoms with Crippen LogP contribution >= 0.6 is 114 Å². The molecule has 6 atom stereocenters. The fraction of sp³-hybridized carbons (Fsp3) is 0.250. The van der Waals surface area contributed by atoms with Crippen molar-refractivity contribution in [1.29, 1.82) is 0 Å². The Labute approximate surface area is 443 Å². The molecule has 2 aliphatic rings. The first-order chi connectivity index (χ1) is 32.0. The molecule has 5 nitrogen and oxygen atoms in total. The molecule has 20 heteroatoms. The van der Waals surface area contributed by atoms with Gasteiger partial charge in [-0.15, -0.1) is 60.7 Å². The van der Waals surface area contributed by atoms with Crippen LogP contribution in [0.3, 0.4) is 0 Å². The number of rotatable bonds is 11. The van der Waals surface area contributed by atoms with Gasteiger partial charge >= 0.3 is 14.2 Å². The first kappa shape index (κ1) is 57.7. The summed E-state index contributed by atoms with van der Waals surface area (Å²) >= 11 is 7.06. The smallest absolute Gasteiger partial charge is 0.399 e. The molecule has 0 bridgehead atoms. The van der Waals surface area contributed by atoms with Crippen LogP contribution in [0.4, 0.5) is 17.1 Å². The van der Waals surface area contributed by atoms with Crippen molar-refractivity contribution in [3.05, 3.63) is 161 Å². The quantitative estimate of drug-likeness (QED) is 0.0955. The second-order valence-electron chi connectivity index (χ2n) is 18.3. The van der Waals surface area contributed by atoms with Crippen LogP contribution in [0.2, 0.25) is 0 Å². The molecule has 0 aromatic heterocycles. The van der Waals surface area contributed by atoms with E-state index in [-0.39, 0.29) is 65.0 Å². The predicted octanol–water partition coefficient (Wildman–Crippen LogP) is 17.3. The van der Waals surface area contributed by atoms with Crippen molar-refractivity contribution < 1.29 is 18.6 Å². The lowest BCUT2D eigenvalue weighted by molar-refractivity contribution is 0.00578. The summed E-state index contributed by atoms with van der Waals surface area (Å²) in [5.74, 6) is 0. The molecule has 6 unspecified atom stereocenters. The minimum absolute atomic E-state index is 0.0115.